The molecule has 8 aromatic rings. The second kappa shape index (κ2) is 34.2. The van der Waals surface area contributed by atoms with Crippen molar-refractivity contribution in [1.29, 1.82) is 0 Å². The summed E-state index contributed by atoms with van der Waals surface area (Å²) in [5.41, 5.74) is 1.75. The van der Waals surface area contributed by atoms with Crippen molar-refractivity contribution in [2.75, 3.05) is 39.1 Å². The van der Waals surface area contributed by atoms with E-state index in [2.05, 4.69) is 10.6 Å². The maximum absolute atomic E-state index is 13.5. The van der Waals surface area contributed by atoms with Crippen LogP contribution in [0.3, 0.4) is 0 Å². The van der Waals surface area contributed by atoms with Crippen molar-refractivity contribution in [2.24, 2.45) is 0 Å². The first-order chi connectivity index (χ1) is 43.1. The van der Waals surface area contributed by atoms with Gasteiger partial charge in [0.25, 0.3) is 27.8 Å². The molecule has 2 aliphatic rings. The molecule has 2 aliphatic carbocycles. The highest BCUT2D eigenvalue weighted by atomic mass is 32.2. The van der Waals surface area contributed by atoms with Crippen molar-refractivity contribution >= 4 is 88.3 Å². The van der Waals surface area contributed by atoms with E-state index in [1.807, 2.05) is 43.4 Å². The van der Waals surface area contributed by atoms with E-state index < -0.39 is 56.7 Å². The molecule has 0 spiro atoms. The van der Waals surface area contributed by atoms with Gasteiger partial charge in [-0.1, -0.05) is 86.7 Å². The van der Waals surface area contributed by atoms with Gasteiger partial charge in [-0.3, -0.25) is 23.3 Å². The third-order valence-corrected chi connectivity index (χ3v) is 13.5. The number of fused-ring (bicyclic) bond motifs is 4. The smallest absolute Gasteiger partial charge is 0.425 e. The highest BCUT2D eigenvalue weighted by molar-refractivity contribution is 7.85. The minimum atomic E-state index is -3.87. The molecule has 0 radical (unpaired) electrons. The minimum Gasteiger partial charge on any atom is -0.478 e. The molecular weight excluding hydrogens is 1220 g/mol. The molecule has 0 aliphatic heterocycles. The largest absolute Gasteiger partial charge is 0.478 e. The van der Waals surface area contributed by atoms with Crippen LogP contribution in [0.25, 0.3) is 66.5 Å². The molecule has 4 heterocycles. The summed E-state index contributed by atoms with van der Waals surface area (Å²) in [5.74, 6) is -2.34. The van der Waals surface area contributed by atoms with Crippen LogP contribution < -0.4 is 21.9 Å². The van der Waals surface area contributed by atoms with E-state index in [1.165, 1.54) is 36.4 Å². The Kier molecular flexibility index (Phi) is 26.0. The van der Waals surface area contributed by atoms with E-state index in [0.717, 1.165) is 12.1 Å². The van der Waals surface area contributed by atoms with Crippen LogP contribution in [0.4, 0.5) is 13.2 Å². The number of furan rings is 2. The Balaban J connectivity index is 0.000000248. The van der Waals surface area contributed by atoms with Crippen molar-refractivity contribution < 1.29 is 82.1 Å². The lowest BCUT2D eigenvalue weighted by Crippen LogP contribution is -2.38. The number of unbranched alkanes of at least 4 members (excludes halogenated alkanes) is 2. The number of carboxylic acids is 1. The van der Waals surface area contributed by atoms with Crippen molar-refractivity contribution in [3.8, 4) is 22.6 Å². The highest BCUT2D eigenvalue weighted by Crippen LogP contribution is 2.31. The number of hydrogen-bond donors (Lipinski definition) is 4. The standard InChI is InChI=1S/C31H25FN2O5.C18H9FO5.C14H19NO4S.CH3F.CH4.O3S/c1-2-34(15-14-33-29(35)20-8-6-4-3-5-7-9-20)30(36)23-11-10-22-17-28(38-26(22)18-23)25-16-21-12-13-24(32)19-27(21)39-31(25)37;19-12-4-3-9-5-13(18(22)24-15(9)8-12)16-6-10-1-2-11(17(20)21)7-14(10)23-16;16-14(13-9-5-2-1-3-6-10-13)15-11-7-4-8-12-20(17,18)19;1-2;;1-4(2)3/h3-13,16-19H,2,14-15H2,1H3,(H,33,35);1-8H,(H,20,21);1-3,5-6,9-10H,4,7-8,11-12H2,(H,15,16)(H,17,18,19);1H3;1H4;/b4-3-,5-3?,6-4?,7-5-,8-6?,9-7?,20-8?,20-9?;;2-1-,3-1?,5-2?,6-3-,9-5?,10-6?,13-9?,13-10?;;;/i;;;1D;;. The van der Waals surface area contributed by atoms with Gasteiger partial charge in [0.2, 0.25) is 0 Å². The predicted molar refractivity (Wildman–Crippen MR) is 335 cm³/mol. The molecule has 4 aromatic carbocycles. The fourth-order valence-corrected chi connectivity index (χ4v) is 8.99. The van der Waals surface area contributed by atoms with Gasteiger partial charge in [0.15, 0.2) is 0 Å². The molecule has 4 N–H and O–H groups in total. The number of nitrogens with zero attached hydrogens (tertiary/aromatic N) is 1. The van der Waals surface area contributed by atoms with Crippen LogP contribution in [0.2, 0.25) is 0 Å². The number of hydrogen-bond acceptors (Lipinski definition) is 15. The number of nitrogens with one attached hydrogen (secondary N) is 2. The maximum Gasteiger partial charge on any atom is 0.425 e. The minimum absolute atomic E-state index is 0. The quantitative estimate of drug-likeness (QED) is 0.0397. The molecule has 0 unspecified atom stereocenters. The normalized spacial score (nSPS) is 13.7. The van der Waals surface area contributed by atoms with Crippen LogP contribution in [-0.2, 0) is 30.3 Å². The molecule has 0 fully saturated rings. The zero-order valence-electron chi connectivity index (χ0n) is 48.1. The van der Waals surface area contributed by atoms with E-state index in [9.17, 15) is 50.4 Å². The van der Waals surface area contributed by atoms with E-state index in [-0.39, 0.29) is 76.8 Å². The number of alkyl halides is 1. The summed E-state index contributed by atoms with van der Waals surface area (Å²) < 4.78 is 119. The topological polar surface area (TPSA) is 308 Å². The molecule has 0 atom stereocenters. The van der Waals surface area contributed by atoms with Gasteiger partial charge in [-0.05, 0) is 117 Å². The van der Waals surface area contributed by atoms with Crippen LogP contribution in [0.1, 0.15) is 55.7 Å². The molecule has 25 heteroatoms. The summed E-state index contributed by atoms with van der Waals surface area (Å²) in [4.78, 5) is 74.9. The van der Waals surface area contributed by atoms with Gasteiger partial charge in [0, 0.05) is 76.6 Å². The average molecular weight is 1280 g/mol. The fourth-order valence-electron chi connectivity index (χ4n) is 8.43. The molecule has 90 heavy (non-hydrogen) atoms. The predicted octanol–water partition coefficient (Wildman–Crippen LogP) is 11.6. The van der Waals surface area contributed by atoms with Crippen molar-refractivity contribution in [2.45, 2.75) is 33.6 Å². The Hall–Kier alpha value is -10.5. The van der Waals surface area contributed by atoms with E-state index in [0.29, 0.717) is 88.3 Å². The van der Waals surface area contributed by atoms with Crippen LogP contribution in [0, 0.1) is 11.6 Å². The molecule has 4 aromatic heterocycles. The van der Waals surface area contributed by atoms with Gasteiger partial charge in [0.1, 0.15) is 56.6 Å². The zero-order valence-corrected chi connectivity index (χ0v) is 48.7. The first-order valence-corrected chi connectivity index (χ1v) is 29.3. The van der Waals surface area contributed by atoms with Crippen molar-refractivity contribution in [1.82, 2.24) is 15.5 Å². The lowest BCUT2D eigenvalue weighted by atomic mass is 10.1. The zero-order chi connectivity index (χ0) is 65.3. The summed E-state index contributed by atoms with van der Waals surface area (Å²) in [6.45, 7) is 3.41. The number of allylic oxidation sites excluding steroid dienone is 12. The Morgan fingerprint density at radius 1 is 0.578 bits per heavy atom. The summed E-state index contributed by atoms with van der Waals surface area (Å²) in [5, 5.41) is 17.1. The molecule has 20 nitrogen and oxygen atoms in total. The summed E-state index contributed by atoms with van der Waals surface area (Å²) in [7, 11) is -7.98. The third-order valence-electron chi connectivity index (χ3n) is 12.7. The molecule has 0 saturated carbocycles. The lowest BCUT2D eigenvalue weighted by molar-refractivity contribution is -0.118. The van der Waals surface area contributed by atoms with Gasteiger partial charge in [0.05, 0.1) is 19.8 Å². The van der Waals surface area contributed by atoms with Crippen LogP contribution >= 0.6 is 0 Å². The van der Waals surface area contributed by atoms with Gasteiger partial charge in [-0.15, -0.1) is 12.6 Å². The summed E-state index contributed by atoms with van der Waals surface area (Å²) >= 11 is 0. The van der Waals surface area contributed by atoms with Crippen LogP contribution in [-0.4, -0.2) is 98.4 Å². The number of likely N-dealkylation sites (N-methyl/N-ethyl adjacent to an activating group) is 1. The second-order valence-electron chi connectivity index (χ2n) is 18.7. The van der Waals surface area contributed by atoms with E-state index in [1.54, 1.807) is 102 Å². The monoisotopic (exact) mass is 1280 g/mol. The molecule has 0 bridgehead atoms. The van der Waals surface area contributed by atoms with E-state index in [4.69, 9.17) is 41.3 Å². The Labute approximate surface area is 515 Å². The first kappa shape index (κ1) is 68.6. The second-order valence-corrected chi connectivity index (χ2v) is 20.7. The maximum atomic E-state index is 13.5. The van der Waals surface area contributed by atoms with Crippen LogP contribution in [0.5, 0.6) is 0 Å². The summed E-state index contributed by atoms with van der Waals surface area (Å²) in [6.07, 6.45) is 26.9. The average Bonchev–Trinajstić information content (AvgIpc) is 1.75. The lowest BCUT2D eigenvalue weighted by Gasteiger charge is -2.21. The number of aromatic carboxylic acids is 1. The van der Waals surface area contributed by atoms with Gasteiger partial charge in [-0.25, -0.2) is 23.2 Å². The molecular formula is C65H60F3N3O17S2. The van der Waals surface area contributed by atoms with Gasteiger partial charge >= 0.3 is 27.8 Å². The van der Waals surface area contributed by atoms with Crippen LogP contribution in [0.15, 0.2) is 221 Å². The van der Waals surface area contributed by atoms with Gasteiger partial charge in [-0.2, -0.15) is 8.42 Å². The first-order valence-electron chi connectivity index (χ1n) is 27.4. The number of halogens is 3. The number of carbonyl (C=O) groups is 4. The number of benzene rings is 4. The summed E-state index contributed by atoms with van der Waals surface area (Å²) in [6, 6.07) is 23.9. The Morgan fingerprint density at radius 3 is 1.46 bits per heavy atom. The van der Waals surface area contributed by atoms with Crippen molar-refractivity contribution in [3.63, 3.8) is 0 Å². The van der Waals surface area contributed by atoms with E-state index >= 15 is 0 Å². The fraction of sp³-hybridized carbons (Fsp3) is 0.169. The highest BCUT2D eigenvalue weighted by Gasteiger charge is 2.20. The third kappa shape index (κ3) is 20.8. The Bertz CT molecular complexity index is 4570. The number of rotatable bonds is 16. The molecule has 0 saturated heterocycles. The molecule has 3 amide bonds. The number of amides is 3. The number of carbonyl (C=O) groups excluding carboxylic acids is 3. The SMILES string of the molecule is C.CCN(CCNC(=O)C1=C/C=C\C=C/C=C1)C(=O)c1ccc2cc(-c3cc4ccc(F)cc4oc3=O)oc2c1.O=C(NCCCCCS(=O)(=O)O)C1=C/C=C\C=C/C=C1.O=C(O)c1ccc2cc(-c3cc4ccc(F)cc4oc3=O)oc2c1.O=S(=O)=O.[2H]CF. The number of carboxylic acid groups (broad SMARTS) is 1. The molecule has 470 valence electrons. The van der Waals surface area contributed by atoms with Gasteiger partial charge < -0.3 is 38.3 Å². The Morgan fingerprint density at radius 2 is 0.989 bits per heavy atom. The molecule has 10 rings (SSSR count). The van der Waals surface area contributed by atoms with Crippen molar-refractivity contribution in [3.05, 3.63) is 237 Å².